The van der Waals surface area contributed by atoms with Crippen LogP contribution in [0.4, 0.5) is 14.6 Å². The number of halogens is 2. The number of anilines is 1. The van der Waals surface area contributed by atoms with Gasteiger partial charge in [-0.2, -0.15) is 0 Å². The summed E-state index contributed by atoms with van der Waals surface area (Å²) in [7, 11) is 0. The second-order valence-electron chi connectivity index (χ2n) is 2.89. The maximum atomic E-state index is 11.9. The fourth-order valence-corrected chi connectivity index (χ4v) is 1.03. The van der Waals surface area contributed by atoms with Crippen LogP contribution in [0.2, 0.25) is 0 Å². The van der Waals surface area contributed by atoms with E-state index >= 15 is 0 Å². The highest BCUT2D eigenvalue weighted by molar-refractivity contribution is 5.34. The van der Waals surface area contributed by atoms with Gasteiger partial charge < -0.3 is 5.32 Å². The van der Waals surface area contributed by atoms with E-state index in [0.29, 0.717) is 5.82 Å². The number of aromatic nitrogens is 1. The molecule has 1 rings (SSSR count). The number of hydrogen-bond donors (Lipinski definition) is 1. The molecule has 1 aromatic rings. The van der Waals surface area contributed by atoms with Gasteiger partial charge in [-0.15, -0.1) is 0 Å². The van der Waals surface area contributed by atoms with Crippen molar-refractivity contribution >= 4 is 5.82 Å². The van der Waals surface area contributed by atoms with Crippen LogP contribution in [0, 0.1) is 0 Å². The van der Waals surface area contributed by atoms with Crippen molar-refractivity contribution in [1.29, 1.82) is 0 Å². The molecule has 0 radical (unpaired) electrons. The molecule has 0 fully saturated rings. The number of hydrogen-bond acceptors (Lipinski definition) is 2. The summed E-state index contributed by atoms with van der Waals surface area (Å²) in [6.07, 6.45) is -0.806. The molecular weight excluding hydrogens is 174 g/mol. The molecule has 1 unspecified atom stereocenters. The maximum Gasteiger partial charge on any atom is 0.240 e. The monoisotopic (exact) mass is 186 g/mol. The molecule has 0 aliphatic heterocycles. The van der Waals surface area contributed by atoms with Gasteiger partial charge in [-0.3, -0.25) is 0 Å². The second kappa shape index (κ2) is 4.74. The Balaban J connectivity index is 2.41. The molecule has 0 saturated heterocycles. The molecule has 0 bridgehead atoms. The lowest BCUT2D eigenvalue weighted by atomic mass is 10.2. The number of pyridine rings is 1. The highest BCUT2D eigenvalue weighted by Crippen LogP contribution is 2.09. The van der Waals surface area contributed by atoms with Gasteiger partial charge in [0.25, 0.3) is 0 Å². The first kappa shape index (κ1) is 9.89. The smallest absolute Gasteiger partial charge is 0.240 e. The average molecular weight is 186 g/mol. The molecule has 2 nitrogen and oxygen atoms in total. The molecule has 0 aromatic carbocycles. The molecule has 4 heteroatoms. The largest absolute Gasteiger partial charge is 0.367 e. The summed E-state index contributed by atoms with van der Waals surface area (Å²) in [6.45, 7) is 1.71. The molecule has 1 heterocycles. The van der Waals surface area contributed by atoms with Crippen LogP contribution in [0.1, 0.15) is 13.3 Å². The predicted molar refractivity (Wildman–Crippen MR) is 47.9 cm³/mol. The van der Waals surface area contributed by atoms with Gasteiger partial charge in [0, 0.05) is 18.7 Å². The van der Waals surface area contributed by atoms with Crippen molar-refractivity contribution in [2.45, 2.75) is 25.8 Å². The van der Waals surface area contributed by atoms with Gasteiger partial charge in [0.1, 0.15) is 5.82 Å². The standard InChI is InChI=1S/C9H12F2N2/c1-7(6-8(10)11)13-9-4-2-3-5-12-9/h2-5,7-8H,6H2,1H3,(H,12,13). The first-order chi connectivity index (χ1) is 6.18. The van der Waals surface area contributed by atoms with Crippen molar-refractivity contribution in [2.75, 3.05) is 5.32 Å². The highest BCUT2D eigenvalue weighted by Gasteiger charge is 2.09. The molecule has 1 aromatic heterocycles. The first-order valence-electron chi connectivity index (χ1n) is 4.14. The molecule has 72 valence electrons. The van der Waals surface area contributed by atoms with Gasteiger partial charge in [-0.05, 0) is 19.1 Å². The van der Waals surface area contributed by atoms with Crippen LogP contribution in [-0.2, 0) is 0 Å². The minimum Gasteiger partial charge on any atom is -0.367 e. The third-order valence-corrected chi connectivity index (χ3v) is 1.59. The average Bonchev–Trinajstić information content (AvgIpc) is 2.04. The molecule has 0 saturated carbocycles. The van der Waals surface area contributed by atoms with Gasteiger partial charge in [-0.1, -0.05) is 6.07 Å². The van der Waals surface area contributed by atoms with Crippen molar-refractivity contribution in [3.05, 3.63) is 24.4 Å². The van der Waals surface area contributed by atoms with E-state index in [2.05, 4.69) is 10.3 Å². The van der Waals surface area contributed by atoms with E-state index in [0.717, 1.165) is 0 Å². The zero-order valence-corrected chi connectivity index (χ0v) is 7.37. The van der Waals surface area contributed by atoms with Crippen LogP contribution in [0.5, 0.6) is 0 Å². The Bertz CT molecular complexity index is 239. The van der Waals surface area contributed by atoms with E-state index in [1.165, 1.54) is 0 Å². The van der Waals surface area contributed by atoms with Gasteiger partial charge in [-0.25, -0.2) is 13.8 Å². The molecule has 0 amide bonds. The van der Waals surface area contributed by atoms with Gasteiger partial charge >= 0.3 is 0 Å². The Morgan fingerprint density at radius 2 is 2.23 bits per heavy atom. The number of nitrogens with one attached hydrogen (secondary N) is 1. The lowest BCUT2D eigenvalue weighted by Crippen LogP contribution is -2.18. The molecule has 0 spiro atoms. The molecule has 0 aliphatic rings. The normalized spacial score (nSPS) is 12.9. The molecular formula is C9H12F2N2. The summed E-state index contributed by atoms with van der Waals surface area (Å²) in [5, 5.41) is 2.88. The SMILES string of the molecule is CC(CC(F)F)Nc1ccccn1. The second-order valence-corrected chi connectivity index (χ2v) is 2.89. The van der Waals surface area contributed by atoms with E-state index in [1.54, 1.807) is 25.3 Å². The van der Waals surface area contributed by atoms with Crippen molar-refractivity contribution in [2.24, 2.45) is 0 Å². The maximum absolute atomic E-state index is 11.9. The lowest BCUT2D eigenvalue weighted by Gasteiger charge is -2.13. The van der Waals surface area contributed by atoms with Crippen LogP contribution in [0.25, 0.3) is 0 Å². The van der Waals surface area contributed by atoms with Crippen molar-refractivity contribution in [3.63, 3.8) is 0 Å². The van der Waals surface area contributed by atoms with Gasteiger partial charge in [0.05, 0.1) is 0 Å². The number of nitrogens with zero attached hydrogens (tertiary/aromatic N) is 1. The number of rotatable bonds is 4. The van der Waals surface area contributed by atoms with Crippen LogP contribution in [0.15, 0.2) is 24.4 Å². The molecule has 13 heavy (non-hydrogen) atoms. The van der Waals surface area contributed by atoms with Crippen LogP contribution >= 0.6 is 0 Å². The molecule has 1 N–H and O–H groups in total. The Morgan fingerprint density at radius 1 is 1.46 bits per heavy atom. The molecule has 0 aliphatic carbocycles. The van der Waals surface area contributed by atoms with Crippen molar-refractivity contribution < 1.29 is 8.78 Å². The van der Waals surface area contributed by atoms with E-state index in [-0.39, 0.29) is 12.5 Å². The zero-order chi connectivity index (χ0) is 9.68. The van der Waals surface area contributed by atoms with Gasteiger partial charge in [0.15, 0.2) is 0 Å². The van der Waals surface area contributed by atoms with Crippen molar-refractivity contribution in [3.8, 4) is 0 Å². The zero-order valence-electron chi connectivity index (χ0n) is 7.37. The van der Waals surface area contributed by atoms with Crippen LogP contribution < -0.4 is 5.32 Å². The quantitative estimate of drug-likeness (QED) is 0.781. The van der Waals surface area contributed by atoms with E-state index in [4.69, 9.17) is 0 Å². The fourth-order valence-electron chi connectivity index (χ4n) is 1.03. The third-order valence-electron chi connectivity index (χ3n) is 1.59. The summed E-state index contributed by atoms with van der Waals surface area (Å²) in [5.41, 5.74) is 0. The Labute approximate surface area is 76.0 Å². The summed E-state index contributed by atoms with van der Waals surface area (Å²) in [6, 6.07) is 5.09. The summed E-state index contributed by atoms with van der Waals surface area (Å²) in [4.78, 5) is 3.97. The van der Waals surface area contributed by atoms with Gasteiger partial charge in [0.2, 0.25) is 6.43 Å². The van der Waals surface area contributed by atoms with Crippen LogP contribution in [-0.4, -0.2) is 17.5 Å². The topological polar surface area (TPSA) is 24.9 Å². The van der Waals surface area contributed by atoms with Crippen LogP contribution in [0.3, 0.4) is 0 Å². The van der Waals surface area contributed by atoms with Crippen molar-refractivity contribution in [1.82, 2.24) is 4.98 Å². The fraction of sp³-hybridized carbons (Fsp3) is 0.444. The lowest BCUT2D eigenvalue weighted by molar-refractivity contribution is 0.133. The Morgan fingerprint density at radius 3 is 2.77 bits per heavy atom. The highest BCUT2D eigenvalue weighted by atomic mass is 19.3. The first-order valence-corrected chi connectivity index (χ1v) is 4.14. The summed E-state index contributed by atoms with van der Waals surface area (Å²) >= 11 is 0. The van der Waals surface area contributed by atoms with E-state index in [1.807, 2.05) is 6.07 Å². The minimum atomic E-state index is -2.27. The Hall–Kier alpha value is -1.19. The third kappa shape index (κ3) is 3.83. The molecule has 1 atom stereocenters. The summed E-state index contributed by atoms with van der Waals surface area (Å²) in [5.74, 6) is 0.635. The summed E-state index contributed by atoms with van der Waals surface area (Å²) < 4.78 is 23.9. The van der Waals surface area contributed by atoms with E-state index in [9.17, 15) is 8.78 Å². The minimum absolute atomic E-state index is 0.156. The predicted octanol–water partition coefficient (Wildman–Crippen LogP) is 2.54. The Kier molecular flexibility index (Phi) is 3.61. The van der Waals surface area contributed by atoms with E-state index < -0.39 is 6.43 Å². The number of alkyl halides is 2.